The number of ether oxygens (including phenoxy) is 1. The molecule has 0 radical (unpaired) electrons. The highest BCUT2D eigenvalue weighted by Crippen LogP contribution is 2.27. The van der Waals surface area contributed by atoms with Crippen molar-refractivity contribution in [2.24, 2.45) is 11.7 Å². The molecule has 5 nitrogen and oxygen atoms in total. The minimum atomic E-state index is -0.499. The summed E-state index contributed by atoms with van der Waals surface area (Å²) in [6, 6.07) is 0.343. The number of nitrogens with zero attached hydrogens (tertiary/aromatic N) is 1. The molecule has 0 saturated heterocycles. The molecule has 0 aliphatic carbocycles. The van der Waals surface area contributed by atoms with E-state index in [4.69, 9.17) is 10.5 Å². The molecule has 1 amide bonds. The topological polar surface area (TPSA) is 77.2 Å². The van der Waals surface area contributed by atoms with Gasteiger partial charge in [0.15, 0.2) is 0 Å². The van der Waals surface area contributed by atoms with Gasteiger partial charge in [0.1, 0.15) is 16.8 Å². The minimum Gasteiger partial charge on any atom is -0.374 e. The van der Waals surface area contributed by atoms with Crippen LogP contribution < -0.4 is 11.1 Å². The van der Waals surface area contributed by atoms with Gasteiger partial charge in [-0.2, -0.15) is 0 Å². The van der Waals surface area contributed by atoms with Gasteiger partial charge in [-0.1, -0.05) is 13.8 Å². The van der Waals surface area contributed by atoms with E-state index in [1.54, 1.807) is 12.5 Å². The van der Waals surface area contributed by atoms with Crippen LogP contribution in [0.3, 0.4) is 0 Å². The Morgan fingerprint density at radius 2 is 2.28 bits per heavy atom. The van der Waals surface area contributed by atoms with E-state index in [1.165, 1.54) is 11.3 Å². The summed E-state index contributed by atoms with van der Waals surface area (Å²) in [5.41, 5.74) is 5.50. The number of methoxy groups -OCH3 is 1. The molecule has 102 valence electrons. The third-order valence-electron chi connectivity index (χ3n) is 2.98. The Labute approximate surface area is 112 Å². The van der Waals surface area contributed by atoms with Crippen molar-refractivity contribution in [1.29, 1.82) is 0 Å². The van der Waals surface area contributed by atoms with E-state index in [-0.39, 0.29) is 6.10 Å². The molecule has 18 heavy (non-hydrogen) atoms. The average molecular weight is 271 g/mol. The Morgan fingerprint density at radius 1 is 1.61 bits per heavy atom. The highest BCUT2D eigenvalue weighted by molar-refractivity contribution is 7.09. The number of nitrogens with two attached hydrogens (primary N) is 1. The zero-order valence-electron chi connectivity index (χ0n) is 11.3. The quantitative estimate of drug-likeness (QED) is 0.789. The largest absolute Gasteiger partial charge is 0.374 e. The van der Waals surface area contributed by atoms with Crippen LogP contribution >= 0.6 is 11.3 Å². The number of primary amides is 1. The molecule has 1 aromatic rings. The van der Waals surface area contributed by atoms with Crippen LogP contribution in [0.1, 0.15) is 41.9 Å². The van der Waals surface area contributed by atoms with Crippen molar-refractivity contribution in [3.63, 3.8) is 0 Å². The van der Waals surface area contributed by atoms with Crippen LogP contribution in [-0.4, -0.2) is 31.1 Å². The lowest BCUT2D eigenvalue weighted by Crippen LogP contribution is -2.32. The van der Waals surface area contributed by atoms with E-state index < -0.39 is 5.91 Å². The lowest BCUT2D eigenvalue weighted by atomic mass is 9.98. The van der Waals surface area contributed by atoms with Gasteiger partial charge in [0, 0.05) is 18.5 Å². The zero-order chi connectivity index (χ0) is 13.7. The van der Waals surface area contributed by atoms with E-state index in [9.17, 15) is 4.79 Å². The molecule has 0 aliphatic heterocycles. The molecule has 1 aromatic heterocycles. The fourth-order valence-electron chi connectivity index (χ4n) is 1.80. The second-order valence-electron chi connectivity index (χ2n) is 4.53. The fraction of sp³-hybridized carbons (Fsp3) is 0.667. The van der Waals surface area contributed by atoms with Gasteiger partial charge in [0.05, 0.1) is 0 Å². The molecule has 2 atom stereocenters. The van der Waals surface area contributed by atoms with Crippen LogP contribution in [0.2, 0.25) is 0 Å². The smallest absolute Gasteiger partial charge is 0.268 e. The van der Waals surface area contributed by atoms with Crippen LogP contribution in [0, 0.1) is 5.92 Å². The average Bonchev–Trinajstić information content (AvgIpc) is 2.79. The third-order valence-corrected chi connectivity index (χ3v) is 3.91. The molecule has 0 aromatic carbocycles. The SMILES string of the molecule is CN[C@H](C[C@@H](OC)c1nc(C(N)=O)cs1)C(C)C. The number of hydrogen-bond acceptors (Lipinski definition) is 5. The van der Waals surface area contributed by atoms with Gasteiger partial charge in [-0.25, -0.2) is 4.98 Å². The number of aromatic nitrogens is 1. The number of thiazole rings is 1. The lowest BCUT2D eigenvalue weighted by Gasteiger charge is -2.24. The van der Waals surface area contributed by atoms with Gasteiger partial charge in [-0.05, 0) is 19.4 Å². The van der Waals surface area contributed by atoms with Crippen molar-refractivity contribution in [2.75, 3.05) is 14.2 Å². The molecule has 3 N–H and O–H groups in total. The Balaban J connectivity index is 2.78. The van der Waals surface area contributed by atoms with E-state index in [0.29, 0.717) is 17.7 Å². The maximum absolute atomic E-state index is 11.0. The molecule has 0 bridgehead atoms. The molecule has 6 heteroatoms. The number of carbonyl (C=O) groups is 1. The summed E-state index contributed by atoms with van der Waals surface area (Å²) in [7, 11) is 3.59. The van der Waals surface area contributed by atoms with Crippen molar-refractivity contribution in [3.05, 3.63) is 16.1 Å². The standard InChI is InChI=1S/C12H21N3O2S/c1-7(2)8(14-3)5-10(17-4)12-15-9(6-18-12)11(13)16/h6-8,10,14H,5H2,1-4H3,(H2,13,16)/t8-,10-/m1/s1. The predicted molar refractivity (Wildman–Crippen MR) is 72.7 cm³/mol. The molecule has 0 aliphatic rings. The second-order valence-corrected chi connectivity index (χ2v) is 5.42. The summed E-state index contributed by atoms with van der Waals surface area (Å²) in [6.07, 6.45) is 0.707. The van der Waals surface area contributed by atoms with Crippen molar-refractivity contribution < 1.29 is 9.53 Å². The first-order valence-electron chi connectivity index (χ1n) is 5.94. The number of rotatable bonds is 7. The van der Waals surface area contributed by atoms with Gasteiger partial charge in [0.2, 0.25) is 0 Å². The normalized spacial score (nSPS) is 14.7. The number of carbonyl (C=O) groups excluding carboxylic acids is 1. The van der Waals surface area contributed by atoms with E-state index >= 15 is 0 Å². The highest BCUT2D eigenvalue weighted by atomic mass is 32.1. The predicted octanol–water partition coefficient (Wildman–Crippen LogP) is 1.56. The van der Waals surface area contributed by atoms with Crippen molar-refractivity contribution >= 4 is 17.2 Å². The third kappa shape index (κ3) is 3.76. The van der Waals surface area contributed by atoms with E-state index in [1.807, 2.05) is 7.05 Å². The molecule has 1 heterocycles. The van der Waals surface area contributed by atoms with Gasteiger partial charge in [-0.3, -0.25) is 4.79 Å². The van der Waals surface area contributed by atoms with Gasteiger partial charge in [-0.15, -0.1) is 11.3 Å². The molecule has 0 saturated carbocycles. The minimum absolute atomic E-state index is 0.108. The molecule has 1 rings (SSSR count). The molecule has 0 fully saturated rings. The number of amides is 1. The fourth-order valence-corrected chi connectivity index (χ4v) is 2.70. The summed E-state index contributed by atoms with van der Waals surface area (Å²) in [5.74, 6) is 0.00426. The van der Waals surface area contributed by atoms with Crippen molar-refractivity contribution in [1.82, 2.24) is 10.3 Å². The van der Waals surface area contributed by atoms with E-state index in [2.05, 4.69) is 24.1 Å². The van der Waals surface area contributed by atoms with Crippen molar-refractivity contribution in [2.45, 2.75) is 32.4 Å². The van der Waals surface area contributed by atoms with Crippen LogP contribution in [-0.2, 0) is 4.74 Å². The zero-order valence-corrected chi connectivity index (χ0v) is 12.1. The second kappa shape index (κ2) is 6.82. The summed E-state index contributed by atoms with van der Waals surface area (Å²) >= 11 is 1.41. The van der Waals surface area contributed by atoms with Gasteiger partial charge < -0.3 is 15.8 Å². The molecular weight excluding hydrogens is 250 g/mol. The van der Waals surface area contributed by atoms with Gasteiger partial charge in [0.25, 0.3) is 5.91 Å². The highest BCUT2D eigenvalue weighted by Gasteiger charge is 2.22. The number of hydrogen-bond donors (Lipinski definition) is 2. The van der Waals surface area contributed by atoms with Crippen LogP contribution in [0.5, 0.6) is 0 Å². The first-order valence-corrected chi connectivity index (χ1v) is 6.82. The monoisotopic (exact) mass is 271 g/mol. The van der Waals surface area contributed by atoms with Gasteiger partial charge >= 0.3 is 0 Å². The van der Waals surface area contributed by atoms with E-state index in [0.717, 1.165) is 11.4 Å². The molecule has 0 unspecified atom stereocenters. The van der Waals surface area contributed by atoms with Crippen LogP contribution in [0.15, 0.2) is 5.38 Å². The summed E-state index contributed by atoms with van der Waals surface area (Å²) in [5, 5.41) is 5.74. The Morgan fingerprint density at radius 3 is 2.67 bits per heavy atom. The summed E-state index contributed by atoms with van der Waals surface area (Å²) < 4.78 is 5.47. The van der Waals surface area contributed by atoms with Crippen molar-refractivity contribution in [3.8, 4) is 0 Å². The lowest BCUT2D eigenvalue weighted by molar-refractivity contribution is 0.0802. The number of nitrogens with one attached hydrogen (secondary N) is 1. The Kier molecular flexibility index (Phi) is 5.71. The maximum atomic E-state index is 11.0. The molecular formula is C12H21N3O2S. The molecule has 0 spiro atoms. The Bertz CT molecular complexity index is 392. The Hall–Kier alpha value is -0.980. The van der Waals surface area contributed by atoms with Crippen LogP contribution in [0.4, 0.5) is 0 Å². The summed E-state index contributed by atoms with van der Waals surface area (Å²) in [4.78, 5) is 15.2. The maximum Gasteiger partial charge on any atom is 0.268 e. The van der Waals surface area contributed by atoms with Crippen LogP contribution in [0.25, 0.3) is 0 Å². The summed E-state index contributed by atoms with van der Waals surface area (Å²) in [6.45, 7) is 4.31. The first kappa shape index (κ1) is 15.1. The first-order chi connectivity index (χ1) is 8.49.